The molecule has 0 saturated heterocycles. The number of ketones is 2. The summed E-state index contributed by atoms with van der Waals surface area (Å²) in [5.41, 5.74) is 0.931. The van der Waals surface area contributed by atoms with Crippen molar-refractivity contribution in [2.24, 2.45) is 0 Å². The molecule has 0 fully saturated rings. The first-order valence-corrected chi connectivity index (χ1v) is 13.4. The van der Waals surface area contributed by atoms with E-state index in [9.17, 15) is 9.59 Å². The summed E-state index contributed by atoms with van der Waals surface area (Å²) < 4.78 is 0. The zero-order valence-electron chi connectivity index (χ0n) is 14.7. The molecule has 2 aromatic rings. The molecule has 0 radical (unpaired) electrons. The monoisotopic (exact) mass is 706 g/mol. The van der Waals surface area contributed by atoms with Crippen LogP contribution < -0.4 is 0 Å². The van der Waals surface area contributed by atoms with E-state index in [0.717, 1.165) is 6.92 Å². The van der Waals surface area contributed by atoms with Crippen LogP contribution in [0.2, 0.25) is 20.4 Å². The van der Waals surface area contributed by atoms with Crippen LogP contribution in [0.4, 0.5) is 0 Å². The number of carboxylic acid groups (broad SMARTS) is 1. The van der Waals surface area contributed by atoms with Crippen LogP contribution in [0, 0.1) is 0 Å². The fraction of sp³-hybridized carbons (Fsp3) is 0.278. The Morgan fingerprint density at radius 1 is 0.871 bits per heavy atom. The van der Waals surface area contributed by atoms with Gasteiger partial charge in [0.1, 0.15) is 10.3 Å². The molecule has 0 aliphatic heterocycles. The van der Waals surface area contributed by atoms with Crippen LogP contribution in [0.25, 0.3) is 0 Å². The largest absolute Gasteiger partial charge is 0.481 e. The van der Waals surface area contributed by atoms with Crippen molar-refractivity contribution in [3.8, 4) is 0 Å². The van der Waals surface area contributed by atoms with Crippen LogP contribution >= 0.6 is 90.6 Å². The van der Waals surface area contributed by atoms with Gasteiger partial charge in [0.15, 0.2) is 11.6 Å². The van der Waals surface area contributed by atoms with Crippen molar-refractivity contribution < 1.29 is 19.5 Å². The lowest BCUT2D eigenvalue weighted by molar-refractivity contribution is -0.134. The van der Waals surface area contributed by atoms with Crippen molar-refractivity contribution in [3.05, 3.63) is 56.0 Å². The van der Waals surface area contributed by atoms with E-state index in [1.54, 1.807) is 0 Å². The zero-order valence-corrected chi connectivity index (χ0v) is 22.5. The Bertz CT molecular complexity index is 839. The summed E-state index contributed by atoms with van der Waals surface area (Å²) in [5.74, 6) is -0.975. The van der Waals surface area contributed by atoms with Crippen molar-refractivity contribution in [2.45, 2.75) is 28.7 Å². The highest BCUT2D eigenvalue weighted by molar-refractivity contribution is 9.93. The summed E-state index contributed by atoms with van der Waals surface area (Å²) in [5, 5.41) is 8.70. The third kappa shape index (κ3) is 17.9. The van der Waals surface area contributed by atoms with E-state index in [2.05, 4.69) is 54.2 Å². The first kappa shape index (κ1) is 38.0. The van der Waals surface area contributed by atoms with E-state index in [4.69, 9.17) is 56.3 Å². The maximum Gasteiger partial charge on any atom is 0.300 e. The van der Waals surface area contributed by atoms with Gasteiger partial charge in [-0.25, -0.2) is 9.97 Å². The van der Waals surface area contributed by atoms with E-state index in [1.165, 1.54) is 31.5 Å². The molecule has 1 N–H and O–H groups in total. The summed E-state index contributed by atoms with van der Waals surface area (Å²) in [7, 11) is 0. The minimum Gasteiger partial charge on any atom is -0.481 e. The van der Waals surface area contributed by atoms with E-state index in [-0.39, 0.29) is 42.1 Å². The maximum absolute atomic E-state index is 11.1. The van der Waals surface area contributed by atoms with Crippen LogP contribution in [0.1, 0.15) is 49.4 Å². The molecule has 2 heterocycles. The fourth-order valence-corrected chi connectivity index (χ4v) is 2.13. The predicted molar refractivity (Wildman–Crippen MR) is 141 cm³/mol. The molecule has 6 nitrogen and oxygen atoms in total. The zero-order chi connectivity index (χ0) is 23.1. The number of nitrogens with zero attached hydrogens (tertiary/aromatic N) is 2. The van der Waals surface area contributed by atoms with Gasteiger partial charge >= 0.3 is 0 Å². The lowest BCUT2D eigenvalue weighted by Gasteiger charge is -1.97. The van der Waals surface area contributed by atoms with Gasteiger partial charge < -0.3 is 5.11 Å². The number of hydrogen-bond donors (Lipinski definition) is 1. The molecule has 0 spiro atoms. The van der Waals surface area contributed by atoms with Crippen LogP contribution in [0.5, 0.6) is 0 Å². The predicted octanol–water partition coefficient (Wildman–Crippen LogP) is 8.61. The van der Waals surface area contributed by atoms with Crippen molar-refractivity contribution in [1.29, 1.82) is 0 Å². The Balaban J connectivity index is -0.000000179. The molecule has 0 aliphatic rings. The standard InChI is InChI=1S/C7H4BrCl2NO.C7H5Cl2NO.C2H4O2.2CH4.Br2/c8-2-6(12)4-1-5(9)7(10)11-3-4;1-4(11)5-2-6(8)7(9)10-3-5;1-2(3)4;;;1-2/h1,3H,2H2;2-3H,1H3;1H3,(H,3,4);2*1H4;. The molecule has 0 amide bonds. The van der Waals surface area contributed by atoms with Crippen LogP contribution in [0.3, 0.4) is 0 Å². The molecular formula is C18H21Br3Cl4N2O4. The SMILES string of the molecule is BrBr.C.C.CC(=O)O.CC(=O)c1cnc(Cl)c(Cl)c1.O=C(CBr)c1cnc(Cl)c(Cl)c1. The minimum absolute atomic E-state index is 0. The number of aliphatic carboxylic acids is 1. The summed E-state index contributed by atoms with van der Waals surface area (Å²) >= 11 is 30.9. The molecular weight excluding hydrogens is 690 g/mol. The lowest BCUT2D eigenvalue weighted by Crippen LogP contribution is -2.00. The molecule has 176 valence electrons. The van der Waals surface area contributed by atoms with Gasteiger partial charge in [-0.3, -0.25) is 14.4 Å². The Labute approximate surface area is 226 Å². The van der Waals surface area contributed by atoms with Gasteiger partial charge in [-0.05, 0) is 19.1 Å². The summed E-state index contributed by atoms with van der Waals surface area (Å²) in [4.78, 5) is 38.3. The number of carbonyl (C=O) groups excluding carboxylic acids is 2. The average Bonchev–Trinajstić information content (AvgIpc) is 2.67. The van der Waals surface area contributed by atoms with Crippen molar-refractivity contribution in [2.75, 3.05) is 5.33 Å². The van der Waals surface area contributed by atoms with Crippen molar-refractivity contribution in [3.63, 3.8) is 0 Å². The third-order valence-electron chi connectivity index (χ3n) is 2.44. The van der Waals surface area contributed by atoms with Crippen LogP contribution in [-0.4, -0.2) is 37.9 Å². The second-order valence-corrected chi connectivity index (χ2v) is 6.72. The number of hydrogen-bond acceptors (Lipinski definition) is 5. The number of carboxylic acids is 1. The number of Topliss-reactive ketones (excluding diaryl/α,β-unsaturated/α-hetero) is 2. The number of rotatable bonds is 3. The fourth-order valence-electron chi connectivity index (χ4n) is 1.26. The summed E-state index contributed by atoms with van der Waals surface area (Å²) in [6.07, 6.45) is 2.80. The summed E-state index contributed by atoms with van der Waals surface area (Å²) in [6, 6.07) is 3.00. The average molecular weight is 711 g/mol. The van der Waals surface area contributed by atoms with E-state index < -0.39 is 5.97 Å². The summed E-state index contributed by atoms with van der Waals surface area (Å²) in [6.45, 7) is 2.53. The van der Waals surface area contributed by atoms with E-state index in [1.807, 2.05) is 0 Å². The molecule has 0 unspecified atom stereocenters. The number of alkyl halides is 1. The molecule has 13 heteroatoms. The number of halogens is 7. The first-order valence-electron chi connectivity index (χ1n) is 7.05. The molecule has 0 saturated carbocycles. The molecule has 0 atom stereocenters. The van der Waals surface area contributed by atoms with Gasteiger partial charge in [0.2, 0.25) is 0 Å². The van der Waals surface area contributed by atoms with Crippen molar-refractivity contribution >= 4 is 108 Å². The van der Waals surface area contributed by atoms with Gasteiger partial charge in [0.05, 0.1) is 15.4 Å². The van der Waals surface area contributed by atoms with Gasteiger partial charge in [0, 0.05) is 58.7 Å². The molecule has 2 rings (SSSR count). The Hall–Kier alpha value is -0.290. The highest BCUT2D eigenvalue weighted by Crippen LogP contribution is 2.20. The molecule has 0 aromatic carbocycles. The van der Waals surface area contributed by atoms with Gasteiger partial charge in [0.25, 0.3) is 5.97 Å². The first-order chi connectivity index (χ1) is 13.5. The normalized spacial score (nSPS) is 8.29. The van der Waals surface area contributed by atoms with Gasteiger partial charge in [-0.1, -0.05) is 77.2 Å². The molecule has 31 heavy (non-hydrogen) atoms. The topological polar surface area (TPSA) is 97.2 Å². The van der Waals surface area contributed by atoms with Crippen molar-refractivity contribution in [1.82, 2.24) is 9.97 Å². The van der Waals surface area contributed by atoms with Crippen LogP contribution in [0.15, 0.2) is 24.5 Å². The number of aromatic nitrogens is 2. The number of carbonyl (C=O) groups is 3. The Morgan fingerprint density at radius 2 is 1.19 bits per heavy atom. The molecule has 0 aliphatic carbocycles. The second-order valence-electron chi connectivity index (χ2n) is 4.63. The van der Waals surface area contributed by atoms with Crippen LogP contribution in [-0.2, 0) is 4.79 Å². The quantitative estimate of drug-likeness (QED) is 0.195. The smallest absolute Gasteiger partial charge is 0.300 e. The molecule has 2 aromatic heterocycles. The maximum atomic E-state index is 11.1. The Kier molecular flexibility index (Phi) is 26.4. The van der Waals surface area contributed by atoms with Gasteiger partial charge in [-0.15, -0.1) is 0 Å². The highest BCUT2D eigenvalue weighted by Gasteiger charge is 2.07. The third-order valence-corrected chi connectivity index (χ3v) is 4.32. The lowest BCUT2D eigenvalue weighted by atomic mass is 10.2. The number of pyridine rings is 2. The van der Waals surface area contributed by atoms with Gasteiger partial charge in [-0.2, -0.15) is 0 Å². The highest BCUT2D eigenvalue weighted by atomic mass is 80.9. The minimum atomic E-state index is -0.833. The second kappa shape index (κ2) is 21.6. The Morgan fingerprint density at radius 3 is 1.48 bits per heavy atom. The van der Waals surface area contributed by atoms with E-state index in [0.29, 0.717) is 21.2 Å². The molecule has 0 bridgehead atoms. The van der Waals surface area contributed by atoms with E-state index >= 15 is 0 Å².